The van der Waals surface area contributed by atoms with Crippen LogP contribution >= 0.6 is 15.9 Å². The van der Waals surface area contributed by atoms with Crippen LogP contribution in [0, 0.1) is 0 Å². The number of benzene rings is 1. The van der Waals surface area contributed by atoms with Gasteiger partial charge in [-0.3, -0.25) is 4.99 Å². The first-order valence-corrected chi connectivity index (χ1v) is 7.39. The summed E-state index contributed by atoms with van der Waals surface area (Å²) in [5.41, 5.74) is 1.67. The fourth-order valence-electron chi connectivity index (χ4n) is 2.41. The van der Waals surface area contributed by atoms with Crippen molar-refractivity contribution in [2.45, 2.75) is 18.3 Å². The second-order valence-electron chi connectivity index (χ2n) is 5.70. The van der Waals surface area contributed by atoms with Gasteiger partial charge in [-0.2, -0.15) is 0 Å². The normalized spacial score (nSPS) is 15.8. The van der Waals surface area contributed by atoms with Crippen LogP contribution in [0.2, 0.25) is 0 Å². The fraction of sp³-hybridized carbons (Fsp3) is 0.533. The Hall–Kier alpha value is -1.03. The van der Waals surface area contributed by atoms with E-state index in [4.69, 9.17) is 4.99 Å². The zero-order chi connectivity index (χ0) is 14.0. The summed E-state index contributed by atoms with van der Waals surface area (Å²) < 4.78 is 1.15. The molecule has 0 bridgehead atoms. The Kier molecular flexibility index (Phi) is 4.19. The summed E-state index contributed by atoms with van der Waals surface area (Å²) in [5, 5.41) is 0. The minimum atomic E-state index is 0.265. The van der Waals surface area contributed by atoms with E-state index in [1.54, 1.807) is 0 Å². The van der Waals surface area contributed by atoms with Gasteiger partial charge in [0.15, 0.2) is 5.96 Å². The van der Waals surface area contributed by atoms with Gasteiger partial charge < -0.3 is 9.80 Å². The third-order valence-corrected chi connectivity index (χ3v) is 4.11. The van der Waals surface area contributed by atoms with Gasteiger partial charge in [0.25, 0.3) is 0 Å². The highest BCUT2D eigenvalue weighted by Gasteiger charge is 2.44. The van der Waals surface area contributed by atoms with E-state index < -0.39 is 0 Å². The zero-order valence-corrected chi connectivity index (χ0v) is 13.7. The molecule has 0 aliphatic heterocycles. The van der Waals surface area contributed by atoms with E-state index in [1.807, 2.05) is 28.2 Å². The molecule has 1 aromatic carbocycles. The van der Waals surface area contributed by atoms with E-state index in [2.05, 4.69) is 50.0 Å². The third kappa shape index (κ3) is 3.30. The number of hydrogen-bond donors (Lipinski definition) is 0. The first kappa shape index (κ1) is 14.4. The van der Waals surface area contributed by atoms with Gasteiger partial charge in [0, 0.05) is 38.1 Å². The van der Waals surface area contributed by atoms with Crippen molar-refractivity contribution in [1.29, 1.82) is 0 Å². The van der Waals surface area contributed by atoms with Crippen LogP contribution in [0.3, 0.4) is 0 Å². The quantitative estimate of drug-likeness (QED) is 0.629. The Morgan fingerprint density at radius 3 is 2.32 bits per heavy atom. The number of halogens is 1. The lowest BCUT2D eigenvalue weighted by Gasteiger charge is -2.24. The number of hydrogen-bond acceptors (Lipinski definition) is 1. The molecule has 3 nitrogen and oxygen atoms in total. The van der Waals surface area contributed by atoms with Gasteiger partial charge in [-0.05, 0) is 30.5 Å². The van der Waals surface area contributed by atoms with Crippen molar-refractivity contribution in [2.24, 2.45) is 4.99 Å². The van der Waals surface area contributed by atoms with Gasteiger partial charge in [0.2, 0.25) is 0 Å². The van der Waals surface area contributed by atoms with Gasteiger partial charge >= 0.3 is 0 Å². The maximum Gasteiger partial charge on any atom is 0.195 e. The standard InChI is InChI=1S/C15H22BrN3/c1-18(2)14(19(3)4)17-11-15(8-9-15)12-6-5-7-13(16)10-12/h5-7,10H,8-9,11H2,1-4H3. The second kappa shape index (κ2) is 5.53. The molecule has 0 spiro atoms. The van der Waals surface area contributed by atoms with E-state index in [1.165, 1.54) is 18.4 Å². The molecule has 19 heavy (non-hydrogen) atoms. The fourth-order valence-corrected chi connectivity index (χ4v) is 2.81. The highest BCUT2D eigenvalue weighted by atomic mass is 79.9. The summed E-state index contributed by atoms with van der Waals surface area (Å²) in [6.07, 6.45) is 2.47. The molecule has 0 amide bonds. The average molecular weight is 324 g/mol. The van der Waals surface area contributed by atoms with E-state index in [9.17, 15) is 0 Å². The Labute approximate surface area is 124 Å². The first-order valence-electron chi connectivity index (χ1n) is 6.60. The van der Waals surface area contributed by atoms with Crippen LogP contribution in [0.4, 0.5) is 0 Å². The van der Waals surface area contributed by atoms with Gasteiger partial charge in [-0.1, -0.05) is 28.1 Å². The minimum absolute atomic E-state index is 0.265. The van der Waals surface area contributed by atoms with Gasteiger partial charge in [0.05, 0.1) is 6.54 Å². The lowest BCUT2D eigenvalue weighted by Crippen LogP contribution is -2.36. The molecule has 1 aromatic rings. The Bertz CT molecular complexity index is 466. The molecule has 2 rings (SSSR count). The molecule has 0 saturated heterocycles. The molecule has 0 N–H and O–H groups in total. The molecule has 0 unspecified atom stereocenters. The second-order valence-corrected chi connectivity index (χ2v) is 6.61. The van der Waals surface area contributed by atoms with E-state index in [-0.39, 0.29) is 5.41 Å². The lowest BCUT2D eigenvalue weighted by atomic mass is 9.96. The summed E-state index contributed by atoms with van der Waals surface area (Å²) >= 11 is 3.56. The van der Waals surface area contributed by atoms with E-state index >= 15 is 0 Å². The first-order chi connectivity index (χ1) is 8.94. The molecule has 1 saturated carbocycles. The van der Waals surface area contributed by atoms with Crippen LogP contribution in [0.15, 0.2) is 33.7 Å². The smallest absolute Gasteiger partial charge is 0.195 e. The molecule has 0 aromatic heterocycles. The van der Waals surface area contributed by atoms with Crippen LogP contribution in [0.5, 0.6) is 0 Å². The number of nitrogens with zero attached hydrogens (tertiary/aromatic N) is 3. The number of guanidine groups is 1. The minimum Gasteiger partial charge on any atom is -0.349 e. The molecule has 1 aliphatic carbocycles. The molecule has 1 fully saturated rings. The summed E-state index contributed by atoms with van der Waals surface area (Å²) in [6.45, 7) is 0.870. The topological polar surface area (TPSA) is 18.8 Å². The highest BCUT2D eigenvalue weighted by Crippen LogP contribution is 2.48. The molecule has 0 atom stereocenters. The molecule has 4 heteroatoms. The monoisotopic (exact) mass is 323 g/mol. The predicted octanol–water partition coefficient (Wildman–Crippen LogP) is 2.96. The van der Waals surface area contributed by atoms with Crippen molar-refractivity contribution >= 4 is 21.9 Å². The van der Waals surface area contributed by atoms with Gasteiger partial charge in [-0.25, -0.2) is 0 Å². The number of rotatable bonds is 3. The van der Waals surface area contributed by atoms with Crippen molar-refractivity contribution < 1.29 is 0 Å². The summed E-state index contributed by atoms with van der Waals surface area (Å²) in [5.74, 6) is 1.03. The van der Waals surface area contributed by atoms with Crippen molar-refractivity contribution in [2.75, 3.05) is 34.7 Å². The van der Waals surface area contributed by atoms with Crippen LogP contribution in [0.1, 0.15) is 18.4 Å². The summed E-state index contributed by atoms with van der Waals surface area (Å²) in [4.78, 5) is 8.95. The number of aliphatic imine (C=N–C) groups is 1. The highest BCUT2D eigenvalue weighted by molar-refractivity contribution is 9.10. The van der Waals surface area contributed by atoms with E-state index in [0.29, 0.717) is 0 Å². The Balaban J connectivity index is 2.16. The largest absolute Gasteiger partial charge is 0.349 e. The maximum atomic E-state index is 4.82. The van der Waals surface area contributed by atoms with Crippen molar-refractivity contribution in [3.63, 3.8) is 0 Å². The maximum absolute atomic E-state index is 4.82. The van der Waals surface area contributed by atoms with Crippen molar-refractivity contribution in [3.05, 3.63) is 34.3 Å². The van der Waals surface area contributed by atoms with Crippen LogP contribution < -0.4 is 0 Å². The lowest BCUT2D eigenvalue weighted by molar-refractivity contribution is 0.476. The zero-order valence-electron chi connectivity index (χ0n) is 12.2. The van der Waals surface area contributed by atoms with E-state index in [0.717, 1.165) is 17.0 Å². The Morgan fingerprint density at radius 2 is 1.84 bits per heavy atom. The SMILES string of the molecule is CN(C)C(=NCC1(c2cccc(Br)c2)CC1)N(C)C. The average Bonchev–Trinajstić information content (AvgIpc) is 3.09. The predicted molar refractivity (Wildman–Crippen MR) is 84.7 cm³/mol. The Morgan fingerprint density at radius 1 is 1.21 bits per heavy atom. The molecular weight excluding hydrogens is 302 g/mol. The molecule has 0 radical (unpaired) electrons. The van der Waals surface area contributed by atoms with Gasteiger partial charge in [-0.15, -0.1) is 0 Å². The molecule has 0 heterocycles. The summed E-state index contributed by atoms with van der Waals surface area (Å²) in [6, 6.07) is 8.64. The van der Waals surface area contributed by atoms with Crippen LogP contribution in [-0.4, -0.2) is 50.5 Å². The van der Waals surface area contributed by atoms with Gasteiger partial charge in [0.1, 0.15) is 0 Å². The van der Waals surface area contributed by atoms with Crippen molar-refractivity contribution in [3.8, 4) is 0 Å². The molecule has 104 valence electrons. The molecule has 1 aliphatic rings. The molecular formula is C15H22BrN3. The summed E-state index contributed by atoms with van der Waals surface area (Å²) in [7, 11) is 8.16. The third-order valence-electron chi connectivity index (χ3n) is 3.61. The van der Waals surface area contributed by atoms with Crippen molar-refractivity contribution in [1.82, 2.24) is 9.80 Å². The van der Waals surface area contributed by atoms with Crippen LogP contribution in [0.25, 0.3) is 0 Å². The van der Waals surface area contributed by atoms with Crippen LogP contribution in [-0.2, 0) is 5.41 Å².